The maximum atomic E-state index is 12.0. The van der Waals surface area contributed by atoms with Crippen molar-refractivity contribution in [2.45, 2.75) is 31.9 Å². The molecule has 120 valence electrons. The summed E-state index contributed by atoms with van der Waals surface area (Å²) in [5.74, 6) is -1.06. The van der Waals surface area contributed by atoms with Crippen molar-refractivity contribution < 1.29 is 19.4 Å². The van der Waals surface area contributed by atoms with E-state index in [4.69, 9.17) is 9.84 Å². The van der Waals surface area contributed by atoms with Crippen molar-refractivity contribution in [1.29, 1.82) is 0 Å². The monoisotopic (exact) mass is 315 g/mol. The topological polar surface area (TPSA) is 104 Å². The third-order valence-electron chi connectivity index (χ3n) is 3.87. The van der Waals surface area contributed by atoms with Crippen LogP contribution >= 0.6 is 0 Å². The molecular weight excluding hydrogens is 298 g/mol. The number of rotatable bonds is 4. The number of aromatic amines is 1. The zero-order chi connectivity index (χ0) is 16.2. The molecule has 0 saturated heterocycles. The predicted octanol–water partition coefficient (Wildman–Crippen LogP) is 2.41. The van der Waals surface area contributed by atoms with Crippen molar-refractivity contribution in [3.8, 4) is 0 Å². The highest BCUT2D eigenvalue weighted by atomic mass is 16.5. The van der Waals surface area contributed by atoms with Gasteiger partial charge in [0, 0.05) is 5.56 Å². The fraction of sp³-hybridized carbons (Fsp3) is 0.312. The molecule has 0 fully saturated rings. The average molecular weight is 315 g/mol. The minimum atomic E-state index is -1.06. The Morgan fingerprint density at radius 3 is 2.87 bits per heavy atom. The molecule has 0 saturated carbocycles. The molecule has 1 heterocycles. The van der Waals surface area contributed by atoms with Crippen LogP contribution in [0.3, 0.4) is 0 Å². The first-order chi connectivity index (χ1) is 11.1. The van der Waals surface area contributed by atoms with Crippen molar-refractivity contribution in [1.82, 2.24) is 15.5 Å². The summed E-state index contributed by atoms with van der Waals surface area (Å²) in [4.78, 5) is 23.1. The smallest absolute Gasteiger partial charge is 0.408 e. The number of nitrogens with one attached hydrogen (secondary N) is 2. The quantitative estimate of drug-likeness (QED) is 0.803. The Morgan fingerprint density at radius 2 is 2.13 bits per heavy atom. The Kier molecular flexibility index (Phi) is 4.27. The number of H-pyrrole nitrogens is 1. The number of hydrogen-bond acceptors (Lipinski definition) is 4. The number of fused-ring (bicyclic) bond motifs is 1. The number of carbonyl (C=O) groups excluding carboxylic acids is 1. The first-order valence-electron chi connectivity index (χ1n) is 7.43. The second kappa shape index (κ2) is 6.51. The zero-order valence-electron chi connectivity index (χ0n) is 12.4. The highest BCUT2D eigenvalue weighted by molar-refractivity contribution is 5.87. The summed E-state index contributed by atoms with van der Waals surface area (Å²) in [5.41, 5.74) is 2.26. The molecule has 2 aromatic rings. The standard InChI is InChI=1S/C16H17N3O4/c20-15(21)14-11-7-4-8-12(13(11)18-19-14)17-16(22)23-9-10-5-2-1-3-6-10/h1-3,5-6,12H,4,7-9H2,(H,17,22)(H,18,19)(H,20,21). The lowest BCUT2D eigenvalue weighted by molar-refractivity contribution is 0.0689. The maximum absolute atomic E-state index is 12.0. The van der Waals surface area contributed by atoms with Crippen molar-refractivity contribution >= 4 is 12.1 Å². The molecule has 1 unspecified atom stereocenters. The Morgan fingerprint density at radius 1 is 1.35 bits per heavy atom. The van der Waals surface area contributed by atoms with Gasteiger partial charge in [-0.15, -0.1) is 0 Å². The van der Waals surface area contributed by atoms with Crippen LogP contribution in [0.15, 0.2) is 30.3 Å². The highest BCUT2D eigenvalue weighted by Gasteiger charge is 2.29. The number of aromatic nitrogens is 2. The van der Waals surface area contributed by atoms with Crippen molar-refractivity contribution in [3.05, 3.63) is 52.8 Å². The summed E-state index contributed by atoms with van der Waals surface area (Å²) < 4.78 is 5.20. The van der Waals surface area contributed by atoms with Gasteiger partial charge in [-0.1, -0.05) is 30.3 Å². The van der Waals surface area contributed by atoms with Gasteiger partial charge in [-0.2, -0.15) is 5.10 Å². The van der Waals surface area contributed by atoms with Gasteiger partial charge in [0.1, 0.15) is 6.61 Å². The second-order valence-electron chi connectivity index (χ2n) is 5.42. The fourth-order valence-corrected chi connectivity index (χ4v) is 2.78. The predicted molar refractivity (Wildman–Crippen MR) is 81.0 cm³/mol. The molecule has 1 aromatic heterocycles. The van der Waals surface area contributed by atoms with E-state index in [1.165, 1.54) is 0 Å². The molecule has 0 spiro atoms. The molecular formula is C16H17N3O4. The van der Waals surface area contributed by atoms with Crippen LogP contribution in [0, 0.1) is 0 Å². The van der Waals surface area contributed by atoms with Crippen molar-refractivity contribution in [3.63, 3.8) is 0 Å². The Balaban J connectivity index is 1.63. The maximum Gasteiger partial charge on any atom is 0.408 e. The molecule has 1 atom stereocenters. The number of ether oxygens (including phenoxy) is 1. The first-order valence-corrected chi connectivity index (χ1v) is 7.43. The van der Waals surface area contributed by atoms with E-state index in [-0.39, 0.29) is 18.3 Å². The zero-order valence-corrected chi connectivity index (χ0v) is 12.4. The van der Waals surface area contributed by atoms with E-state index in [1.807, 2.05) is 30.3 Å². The molecule has 3 rings (SSSR count). The Bertz CT molecular complexity index is 711. The third kappa shape index (κ3) is 3.33. The number of nitrogens with zero attached hydrogens (tertiary/aromatic N) is 1. The van der Waals surface area contributed by atoms with Crippen LogP contribution < -0.4 is 5.32 Å². The van der Waals surface area contributed by atoms with Crippen LogP contribution in [0.5, 0.6) is 0 Å². The molecule has 1 aliphatic carbocycles. The lowest BCUT2D eigenvalue weighted by atomic mass is 9.92. The SMILES string of the molecule is O=C(NC1CCCc2c(C(=O)O)n[nH]c21)OCc1ccccc1. The van der Waals surface area contributed by atoms with Gasteiger partial charge in [-0.25, -0.2) is 9.59 Å². The van der Waals surface area contributed by atoms with Gasteiger partial charge in [0.2, 0.25) is 0 Å². The first kappa shape index (κ1) is 15.1. The number of hydrogen-bond donors (Lipinski definition) is 3. The van der Waals surface area contributed by atoms with Crippen LogP contribution in [-0.4, -0.2) is 27.4 Å². The van der Waals surface area contributed by atoms with Crippen molar-refractivity contribution in [2.75, 3.05) is 0 Å². The second-order valence-corrected chi connectivity index (χ2v) is 5.42. The van der Waals surface area contributed by atoms with Gasteiger partial charge in [0.25, 0.3) is 0 Å². The van der Waals surface area contributed by atoms with Gasteiger partial charge in [-0.3, -0.25) is 5.10 Å². The Hall–Kier alpha value is -2.83. The third-order valence-corrected chi connectivity index (χ3v) is 3.87. The number of amides is 1. The van der Waals surface area contributed by atoms with Gasteiger partial charge < -0.3 is 15.2 Å². The van der Waals surface area contributed by atoms with Crippen LogP contribution in [0.1, 0.15) is 46.2 Å². The molecule has 0 radical (unpaired) electrons. The highest BCUT2D eigenvalue weighted by Crippen LogP contribution is 2.30. The minimum absolute atomic E-state index is 0.0316. The normalized spacial score (nSPS) is 16.4. The number of carboxylic acids is 1. The number of carbonyl (C=O) groups is 2. The van der Waals surface area contributed by atoms with Gasteiger partial charge >= 0.3 is 12.1 Å². The van der Waals surface area contributed by atoms with E-state index in [0.717, 1.165) is 12.0 Å². The van der Waals surface area contributed by atoms with Crippen molar-refractivity contribution in [2.24, 2.45) is 0 Å². The number of alkyl carbamates (subject to hydrolysis) is 1. The molecule has 0 aliphatic heterocycles. The van der Waals surface area contributed by atoms with E-state index in [1.54, 1.807) is 0 Å². The molecule has 3 N–H and O–H groups in total. The molecule has 23 heavy (non-hydrogen) atoms. The lowest BCUT2D eigenvalue weighted by Gasteiger charge is -2.22. The van der Waals surface area contributed by atoms with Gasteiger partial charge in [0.15, 0.2) is 5.69 Å². The summed E-state index contributed by atoms with van der Waals surface area (Å²) in [6.45, 7) is 0.190. The molecule has 1 aliphatic rings. The summed E-state index contributed by atoms with van der Waals surface area (Å²) >= 11 is 0. The lowest BCUT2D eigenvalue weighted by Crippen LogP contribution is -2.31. The summed E-state index contributed by atoms with van der Waals surface area (Å²) in [5, 5.41) is 18.5. The Labute approximate surface area is 132 Å². The van der Waals surface area contributed by atoms with Crippen LogP contribution in [0.25, 0.3) is 0 Å². The van der Waals surface area contributed by atoms with Gasteiger partial charge in [0.05, 0.1) is 11.7 Å². The van der Waals surface area contributed by atoms with E-state index in [9.17, 15) is 9.59 Å². The summed E-state index contributed by atoms with van der Waals surface area (Å²) in [7, 11) is 0. The van der Waals surface area contributed by atoms with Gasteiger partial charge in [-0.05, 0) is 24.8 Å². The van der Waals surface area contributed by atoms with E-state index < -0.39 is 12.1 Å². The van der Waals surface area contributed by atoms with E-state index in [2.05, 4.69) is 15.5 Å². The summed E-state index contributed by atoms with van der Waals surface area (Å²) in [6, 6.07) is 9.10. The molecule has 1 aromatic carbocycles. The molecule has 7 heteroatoms. The number of carboxylic acid groups (broad SMARTS) is 1. The number of benzene rings is 1. The fourth-order valence-electron chi connectivity index (χ4n) is 2.78. The van der Waals surface area contributed by atoms with Crippen LogP contribution in [0.2, 0.25) is 0 Å². The minimum Gasteiger partial charge on any atom is -0.476 e. The average Bonchev–Trinajstić information content (AvgIpc) is 2.99. The van der Waals surface area contributed by atoms with E-state index in [0.29, 0.717) is 24.1 Å². The molecule has 0 bridgehead atoms. The van der Waals surface area contributed by atoms with Crippen LogP contribution in [-0.2, 0) is 17.8 Å². The molecule has 1 amide bonds. The number of aromatic carboxylic acids is 1. The molecule has 7 nitrogen and oxygen atoms in total. The van der Waals surface area contributed by atoms with E-state index >= 15 is 0 Å². The largest absolute Gasteiger partial charge is 0.476 e. The van der Waals surface area contributed by atoms with Crippen LogP contribution in [0.4, 0.5) is 4.79 Å². The summed E-state index contributed by atoms with van der Waals surface area (Å²) in [6.07, 6.45) is 1.62.